The zero-order valence-corrected chi connectivity index (χ0v) is 32.9. The highest BCUT2D eigenvalue weighted by atomic mass is 32.2. The summed E-state index contributed by atoms with van der Waals surface area (Å²) in [7, 11) is 1.59. The van der Waals surface area contributed by atoms with Gasteiger partial charge in [0.2, 0.25) is 17.7 Å². The van der Waals surface area contributed by atoms with Crippen LogP contribution in [0.5, 0.6) is 11.6 Å². The molecule has 4 aromatic rings. The lowest BCUT2D eigenvalue weighted by Gasteiger charge is -2.30. The van der Waals surface area contributed by atoms with E-state index in [1.165, 1.54) is 28.4 Å². The van der Waals surface area contributed by atoms with Crippen LogP contribution < -0.4 is 24.8 Å². The molecule has 6 atom stereocenters. The van der Waals surface area contributed by atoms with E-state index >= 15 is 0 Å². The highest BCUT2D eigenvalue weighted by Gasteiger charge is 2.61. The standard InChI is InChI=1S/C40H45FN6O7S2/c1-23(2)33-22-55-37(44-33)32-17-24-16-28(53-3)14-15-30(24)36(43-32)54-29-19-34-35(48)45-40(39(50)46-56(51)52)20-25(40)10-7-5-4-6-8-13-31(38(49)47(34)21-29)42-27-12-9-11-26(41)18-27/h7,9-12,14-18,22-23,25,29,31,34,42H,4-6,8,13,19-21H2,1-3H3,(H,45,48)(H,46,50)(H,51,52)/p-1. The van der Waals surface area contributed by atoms with Gasteiger partial charge >= 0.3 is 0 Å². The summed E-state index contributed by atoms with van der Waals surface area (Å²) in [4.78, 5) is 53.5. The monoisotopic (exact) mass is 803 g/mol. The van der Waals surface area contributed by atoms with Gasteiger partial charge in [-0.1, -0.05) is 44.9 Å². The lowest BCUT2D eigenvalue weighted by atomic mass is 10.0. The molecule has 1 saturated heterocycles. The third kappa shape index (κ3) is 8.56. The van der Waals surface area contributed by atoms with Gasteiger partial charge in [-0.25, -0.2) is 14.4 Å². The van der Waals surface area contributed by atoms with Gasteiger partial charge in [-0.3, -0.25) is 23.3 Å². The summed E-state index contributed by atoms with van der Waals surface area (Å²) in [5.74, 6) is -1.60. The van der Waals surface area contributed by atoms with E-state index < -0.39 is 58.5 Å². The first-order valence-electron chi connectivity index (χ1n) is 18.8. The Bertz CT molecular complexity index is 2180. The first kappa shape index (κ1) is 39.3. The molecule has 2 aromatic carbocycles. The number of carbonyl (C=O) groups excluding carboxylic acids is 3. The molecule has 2 fully saturated rings. The molecule has 2 aromatic heterocycles. The maximum atomic E-state index is 14.7. The van der Waals surface area contributed by atoms with Crippen LogP contribution in [0, 0.1) is 11.7 Å². The Balaban J connectivity index is 1.24. The van der Waals surface area contributed by atoms with Crippen molar-refractivity contribution in [2.24, 2.45) is 5.92 Å². The number of methoxy groups -OCH3 is 1. The molecule has 3 N–H and O–H groups in total. The van der Waals surface area contributed by atoms with E-state index in [0.29, 0.717) is 46.8 Å². The average molecular weight is 804 g/mol. The molecule has 4 heterocycles. The molecule has 1 aliphatic carbocycles. The van der Waals surface area contributed by atoms with Gasteiger partial charge in [0.15, 0.2) is 0 Å². The number of anilines is 1. The van der Waals surface area contributed by atoms with Crippen LogP contribution in [0.3, 0.4) is 0 Å². The van der Waals surface area contributed by atoms with Gasteiger partial charge in [0.25, 0.3) is 5.91 Å². The summed E-state index contributed by atoms with van der Waals surface area (Å²) in [5, 5.41) is 10.2. The molecule has 16 heteroatoms. The summed E-state index contributed by atoms with van der Waals surface area (Å²) in [5.41, 5.74) is 0.446. The van der Waals surface area contributed by atoms with Gasteiger partial charge < -0.3 is 29.6 Å². The van der Waals surface area contributed by atoms with Gasteiger partial charge in [-0.15, -0.1) is 11.3 Å². The van der Waals surface area contributed by atoms with E-state index in [1.807, 2.05) is 40.5 Å². The number of amides is 3. The van der Waals surface area contributed by atoms with Crippen LogP contribution in [0.25, 0.3) is 21.5 Å². The number of thiazole rings is 1. The third-order valence-electron chi connectivity index (χ3n) is 10.6. The number of benzene rings is 2. The van der Waals surface area contributed by atoms with Crippen LogP contribution in [-0.4, -0.2) is 78.7 Å². The van der Waals surface area contributed by atoms with E-state index in [9.17, 15) is 27.5 Å². The predicted octanol–water partition coefficient (Wildman–Crippen LogP) is 5.76. The normalized spacial score (nSPS) is 24.7. The number of halogens is 1. The summed E-state index contributed by atoms with van der Waals surface area (Å²) in [6, 6.07) is 11.4. The molecule has 13 nitrogen and oxygen atoms in total. The van der Waals surface area contributed by atoms with Crippen molar-refractivity contribution in [3.63, 3.8) is 0 Å². The van der Waals surface area contributed by atoms with Crippen LogP contribution in [0.1, 0.15) is 70.4 Å². The molecule has 3 aliphatic rings. The van der Waals surface area contributed by atoms with Crippen molar-refractivity contribution in [3.8, 4) is 22.3 Å². The van der Waals surface area contributed by atoms with Gasteiger partial charge in [-0.2, -0.15) is 0 Å². The number of fused-ring (bicyclic) bond motifs is 3. The fraction of sp³-hybridized carbons (Fsp3) is 0.425. The van der Waals surface area contributed by atoms with Crippen LogP contribution >= 0.6 is 11.3 Å². The zero-order chi connectivity index (χ0) is 39.6. The lowest BCUT2D eigenvalue weighted by Crippen LogP contribution is -2.57. The van der Waals surface area contributed by atoms with E-state index in [2.05, 4.69) is 24.5 Å². The fourth-order valence-corrected chi connectivity index (χ4v) is 8.74. The van der Waals surface area contributed by atoms with Crippen LogP contribution in [0.4, 0.5) is 10.1 Å². The molecule has 1 saturated carbocycles. The van der Waals surface area contributed by atoms with E-state index in [4.69, 9.17) is 19.4 Å². The predicted molar refractivity (Wildman–Crippen MR) is 210 cm³/mol. The minimum absolute atomic E-state index is 0.00363. The van der Waals surface area contributed by atoms with Crippen molar-refractivity contribution in [3.05, 3.63) is 77.6 Å². The molecule has 3 amide bonds. The maximum Gasteiger partial charge on any atom is 0.257 e. The minimum atomic E-state index is -2.90. The summed E-state index contributed by atoms with van der Waals surface area (Å²) in [6.07, 6.45) is 6.74. The van der Waals surface area contributed by atoms with Crippen molar-refractivity contribution < 1.29 is 37.0 Å². The second kappa shape index (κ2) is 16.7. The Labute approximate surface area is 330 Å². The Morgan fingerprint density at radius 1 is 1.14 bits per heavy atom. The third-order valence-corrected chi connectivity index (χ3v) is 11.8. The zero-order valence-electron chi connectivity index (χ0n) is 31.3. The van der Waals surface area contributed by atoms with Crippen molar-refractivity contribution >= 4 is 56.8 Å². The SMILES string of the molecule is COc1ccc2c(OC3CC4C(=O)NC5(C(=O)NS(=O)[O-])CC5C=CCCCCCC(Nc5cccc(F)c5)C(=O)N4C3)nc(-c3nc(C(C)C)cs3)cc2c1. The molecule has 0 spiro atoms. The van der Waals surface area contributed by atoms with Gasteiger partial charge in [0.1, 0.15) is 46.0 Å². The van der Waals surface area contributed by atoms with E-state index in [1.54, 1.807) is 25.3 Å². The number of ether oxygens (including phenoxy) is 2. The smallest absolute Gasteiger partial charge is 0.257 e. The number of pyridine rings is 1. The highest BCUT2D eigenvalue weighted by molar-refractivity contribution is 7.77. The van der Waals surface area contributed by atoms with Crippen LogP contribution in [0.15, 0.2) is 66.1 Å². The summed E-state index contributed by atoms with van der Waals surface area (Å²) < 4.78 is 51.4. The molecule has 7 rings (SSSR count). The molecule has 2 aliphatic heterocycles. The second-order valence-corrected chi connectivity index (χ2v) is 16.4. The Morgan fingerprint density at radius 2 is 1.98 bits per heavy atom. The maximum absolute atomic E-state index is 14.7. The minimum Gasteiger partial charge on any atom is -0.755 e. The second-order valence-electron chi connectivity index (χ2n) is 14.8. The first-order valence-corrected chi connectivity index (χ1v) is 20.7. The van der Waals surface area contributed by atoms with Crippen molar-refractivity contribution in [2.75, 3.05) is 19.0 Å². The first-order chi connectivity index (χ1) is 26.9. The number of hydrogen-bond acceptors (Lipinski definition) is 11. The summed E-state index contributed by atoms with van der Waals surface area (Å²) >= 11 is -1.43. The van der Waals surface area contributed by atoms with Gasteiger partial charge in [0, 0.05) is 40.1 Å². The number of rotatable bonds is 9. The van der Waals surface area contributed by atoms with Gasteiger partial charge in [0.05, 0.1) is 19.3 Å². The largest absolute Gasteiger partial charge is 0.755 e. The topological polar surface area (TPSA) is 175 Å². The number of nitrogens with zero attached hydrogens (tertiary/aromatic N) is 3. The summed E-state index contributed by atoms with van der Waals surface area (Å²) in [6.45, 7) is 4.14. The Morgan fingerprint density at radius 3 is 2.73 bits per heavy atom. The molecular formula is C40H44FN6O7S2-. The molecule has 6 unspecified atom stereocenters. The van der Waals surface area contributed by atoms with Crippen LogP contribution in [-0.2, 0) is 25.7 Å². The fourth-order valence-electron chi connectivity index (χ4n) is 7.47. The number of carbonyl (C=O) groups is 3. The molecule has 0 bridgehead atoms. The quantitative estimate of drug-likeness (QED) is 0.139. The lowest BCUT2D eigenvalue weighted by molar-refractivity contribution is -0.140. The van der Waals surface area contributed by atoms with E-state index in [-0.39, 0.29) is 37.1 Å². The molecule has 56 heavy (non-hydrogen) atoms. The van der Waals surface area contributed by atoms with E-state index in [0.717, 1.165) is 23.9 Å². The average Bonchev–Trinajstić information content (AvgIpc) is 3.46. The van der Waals surface area contributed by atoms with Crippen LogP contribution in [0.2, 0.25) is 0 Å². The van der Waals surface area contributed by atoms with Crippen molar-refractivity contribution in [2.45, 2.75) is 88.4 Å². The number of aromatic nitrogens is 2. The number of allylic oxidation sites excluding steroid dienone is 1. The van der Waals surface area contributed by atoms with Crippen molar-refractivity contribution in [1.82, 2.24) is 24.9 Å². The Hall–Kier alpha value is -4.93. The molecule has 296 valence electrons. The Kier molecular flexibility index (Phi) is 11.7. The highest BCUT2D eigenvalue weighted by Crippen LogP contribution is 2.46. The molecule has 0 radical (unpaired) electrons. The molecular weight excluding hydrogens is 760 g/mol. The number of nitrogens with one attached hydrogen (secondary N) is 3. The van der Waals surface area contributed by atoms with Gasteiger partial charge in [-0.05, 0) is 79.5 Å². The number of hydrogen-bond donors (Lipinski definition) is 3. The van der Waals surface area contributed by atoms with Crippen molar-refractivity contribution in [1.29, 1.82) is 0 Å².